The lowest BCUT2D eigenvalue weighted by molar-refractivity contribution is 0.0760. The number of rotatable bonds is 3. The highest BCUT2D eigenvalue weighted by atomic mass is 16.2. The summed E-state index contributed by atoms with van der Waals surface area (Å²) < 4.78 is 0. The Hall–Kier alpha value is -1.79. The van der Waals surface area contributed by atoms with Crippen LogP contribution < -0.4 is 0 Å². The number of nitrogens with zero attached hydrogens (tertiary/aromatic N) is 1. The van der Waals surface area contributed by atoms with Crippen molar-refractivity contribution in [2.75, 3.05) is 20.2 Å². The van der Waals surface area contributed by atoms with Gasteiger partial charge in [-0.15, -0.1) is 0 Å². The van der Waals surface area contributed by atoms with Gasteiger partial charge in [-0.05, 0) is 30.9 Å². The highest BCUT2D eigenvalue weighted by molar-refractivity contribution is 5.96. The Morgan fingerprint density at radius 3 is 2.71 bits per heavy atom. The Morgan fingerprint density at radius 2 is 2.00 bits per heavy atom. The van der Waals surface area contributed by atoms with Crippen molar-refractivity contribution in [1.29, 1.82) is 0 Å². The first kappa shape index (κ1) is 15.6. The zero-order chi connectivity index (χ0) is 15.1. The lowest BCUT2D eigenvalue weighted by atomic mass is 9.89. The Bertz CT molecular complexity index is 536. The highest BCUT2D eigenvalue weighted by Gasteiger charge is 2.20. The van der Waals surface area contributed by atoms with Crippen molar-refractivity contribution in [3.63, 3.8) is 0 Å². The van der Waals surface area contributed by atoms with Crippen LogP contribution in [0.1, 0.15) is 48.0 Å². The van der Waals surface area contributed by atoms with Gasteiger partial charge in [0.15, 0.2) is 0 Å². The number of aliphatic hydroxyl groups excluding tert-OH is 1. The second-order valence-electron chi connectivity index (χ2n) is 5.70. The molecule has 1 N–H and O–H groups in total. The topological polar surface area (TPSA) is 40.5 Å². The minimum Gasteiger partial charge on any atom is -0.384 e. The molecule has 3 heteroatoms. The number of hydrogen-bond acceptors (Lipinski definition) is 2. The van der Waals surface area contributed by atoms with Crippen molar-refractivity contribution in [3.05, 3.63) is 35.4 Å². The van der Waals surface area contributed by atoms with E-state index >= 15 is 0 Å². The van der Waals surface area contributed by atoms with E-state index < -0.39 is 0 Å². The molecule has 1 saturated carbocycles. The standard InChI is InChI=1S/C18H23NO2/c1-19(14-15-8-3-2-4-9-15)18(21)17-12-6-5-10-16(17)11-7-13-20/h5-6,10,12,15,20H,2-4,8-9,13-14H2,1H3. The van der Waals surface area contributed by atoms with Gasteiger partial charge in [-0.2, -0.15) is 0 Å². The summed E-state index contributed by atoms with van der Waals surface area (Å²) in [7, 11) is 1.87. The number of hydrogen-bond donors (Lipinski definition) is 1. The molecule has 0 bridgehead atoms. The number of aliphatic hydroxyl groups is 1. The molecule has 21 heavy (non-hydrogen) atoms. The fraction of sp³-hybridized carbons (Fsp3) is 0.500. The van der Waals surface area contributed by atoms with Crippen LogP contribution >= 0.6 is 0 Å². The van der Waals surface area contributed by atoms with Crippen molar-refractivity contribution < 1.29 is 9.90 Å². The Morgan fingerprint density at radius 1 is 1.29 bits per heavy atom. The van der Waals surface area contributed by atoms with E-state index in [1.165, 1.54) is 32.1 Å². The summed E-state index contributed by atoms with van der Waals surface area (Å²) in [6, 6.07) is 7.34. The van der Waals surface area contributed by atoms with E-state index in [0.29, 0.717) is 17.0 Å². The smallest absolute Gasteiger partial charge is 0.254 e. The van der Waals surface area contributed by atoms with Gasteiger partial charge >= 0.3 is 0 Å². The molecule has 0 radical (unpaired) electrons. The number of carbonyl (C=O) groups excluding carboxylic acids is 1. The molecule has 2 rings (SSSR count). The first-order valence-electron chi connectivity index (χ1n) is 7.66. The van der Waals surface area contributed by atoms with E-state index in [4.69, 9.17) is 5.11 Å². The largest absolute Gasteiger partial charge is 0.384 e. The van der Waals surface area contributed by atoms with E-state index in [1.54, 1.807) is 6.07 Å². The summed E-state index contributed by atoms with van der Waals surface area (Å²) in [6.07, 6.45) is 6.34. The van der Waals surface area contributed by atoms with Gasteiger partial charge in [0.1, 0.15) is 6.61 Å². The number of amides is 1. The van der Waals surface area contributed by atoms with Gasteiger partial charge in [-0.25, -0.2) is 0 Å². The average Bonchev–Trinajstić information content (AvgIpc) is 2.53. The maximum Gasteiger partial charge on any atom is 0.254 e. The zero-order valence-electron chi connectivity index (χ0n) is 12.6. The normalized spacial score (nSPS) is 15.1. The van der Waals surface area contributed by atoms with Crippen molar-refractivity contribution in [1.82, 2.24) is 4.90 Å². The van der Waals surface area contributed by atoms with Crippen LogP contribution in [0.15, 0.2) is 24.3 Å². The van der Waals surface area contributed by atoms with Gasteiger partial charge in [0, 0.05) is 19.2 Å². The molecule has 1 aromatic rings. The summed E-state index contributed by atoms with van der Waals surface area (Å²) in [5.41, 5.74) is 1.31. The molecular formula is C18H23NO2. The summed E-state index contributed by atoms with van der Waals surface area (Å²) in [5, 5.41) is 8.81. The third kappa shape index (κ3) is 4.34. The highest BCUT2D eigenvalue weighted by Crippen LogP contribution is 2.24. The van der Waals surface area contributed by atoms with Crippen LogP contribution in [-0.2, 0) is 0 Å². The van der Waals surface area contributed by atoms with Gasteiger partial charge in [0.25, 0.3) is 5.91 Å². The van der Waals surface area contributed by atoms with Crippen LogP contribution in [0, 0.1) is 17.8 Å². The monoisotopic (exact) mass is 285 g/mol. The van der Waals surface area contributed by atoms with E-state index in [2.05, 4.69) is 11.8 Å². The third-order valence-corrected chi connectivity index (χ3v) is 4.06. The van der Waals surface area contributed by atoms with Gasteiger partial charge in [0.2, 0.25) is 0 Å². The number of carbonyl (C=O) groups is 1. The van der Waals surface area contributed by atoms with Crippen molar-refractivity contribution in [2.45, 2.75) is 32.1 Å². The quantitative estimate of drug-likeness (QED) is 0.867. The molecule has 112 valence electrons. The lowest BCUT2D eigenvalue weighted by Gasteiger charge is -2.27. The Labute approximate surface area is 127 Å². The molecule has 0 spiro atoms. The van der Waals surface area contributed by atoms with Crippen molar-refractivity contribution in [3.8, 4) is 11.8 Å². The molecule has 0 heterocycles. The fourth-order valence-corrected chi connectivity index (χ4v) is 2.96. The maximum absolute atomic E-state index is 12.6. The van der Waals surface area contributed by atoms with Gasteiger partial charge < -0.3 is 10.0 Å². The molecule has 0 saturated heterocycles. The summed E-state index contributed by atoms with van der Waals surface area (Å²) in [4.78, 5) is 14.4. The molecule has 0 unspecified atom stereocenters. The van der Waals surface area contributed by atoms with E-state index in [1.807, 2.05) is 30.1 Å². The van der Waals surface area contributed by atoms with Crippen LogP contribution in [0.5, 0.6) is 0 Å². The maximum atomic E-state index is 12.6. The predicted octanol–water partition coefficient (Wildman–Crippen LogP) is 2.68. The minimum absolute atomic E-state index is 0.0170. The van der Waals surface area contributed by atoms with Crippen LogP contribution in [0.2, 0.25) is 0 Å². The van der Waals surface area contributed by atoms with Gasteiger partial charge in [-0.1, -0.05) is 43.2 Å². The molecule has 1 fully saturated rings. The van der Waals surface area contributed by atoms with Crippen LogP contribution in [0.3, 0.4) is 0 Å². The average molecular weight is 285 g/mol. The molecule has 0 aliphatic heterocycles. The molecule has 0 aromatic heterocycles. The lowest BCUT2D eigenvalue weighted by Crippen LogP contribution is -2.33. The Kier molecular flexibility index (Phi) is 5.83. The van der Waals surface area contributed by atoms with Crippen molar-refractivity contribution >= 4 is 5.91 Å². The van der Waals surface area contributed by atoms with Crippen LogP contribution in [0.4, 0.5) is 0 Å². The molecule has 1 aliphatic carbocycles. The molecule has 1 aromatic carbocycles. The zero-order valence-corrected chi connectivity index (χ0v) is 12.6. The first-order chi connectivity index (χ1) is 10.2. The minimum atomic E-state index is -0.194. The summed E-state index contributed by atoms with van der Waals surface area (Å²) in [5.74, 6) is 6.11. The molecule has 3 nitrogen and oxygen atoms in total. The second kappa shape index (κ2) is 7.85. The van der Waals surface area contributed by atoms with Crippen molar-refractivity contribution in [2.24, 2.45) is 5.92 Å². The number of benzene rings is 1. The predicted molar refractivity (Wildman–Crippen MR) is 83.9 cm³/mol. The van der Waals surface area contributed by atoms with E-state index in [9.17, 15) is 4.79 Å². The molecular weight excluding hydrogens is 262 g/mol. The first-order valence-corrected chi connectivity index (χ1v) is 7.66. The fourth-order valence-electron chi connectivity index (χ4n) is 2.96. The van der Waals surface area contributed by atoms with Crippen LogP contribution in [-0.4, -0.2) is 36.1 Å². The Balaban J connectivity index is 2.08. The third-order valence-electron chi connectivity index (χ3n) is 4.06. The second-order valence-corrected chi connectivity index (χ2v) is 5.70. The summed E-state index contributed by atoms with van der Waals surface area (Å²) >= 11 is 0. The molecule has 1 aliphatic rings. The summed E-state index contributed by atoms with van der Waals surface area (Å²) in [6.45, 7) is 0.626. The van der Waals surface area contributed by atoms with Gasteiger partial charge in [0.05, 0.1) is 5.56 Å². The SMILES string of the molecule is CN(CC1CCCCC1)C(=O)c1ccccc1C#CCO. The molecule has 1 amide bonds. The molecule has 0 atom stereocenters. The van der Waals surface area contributed by atoms with E-state index in [0.717, 1.165) is 6.54 Å². The van der Waals surface area contributed by atoms with Gasteiger partial charge in [-0.3, -0.25) is 4.79 Å². The van der Waals surface area contributed by atoms with Crippen LogP contribution in [0.25, 0.3) is 0 Å². The van der Waals surface area contributed by atoms with E-state index in [-0.39, 0.29) is 12.5 Å².